The Bertz CT molecular complexity index is 964. The van der Waals surface area contributed by atoms with E-state index < -0.39 is 0 Å². The number of benzene rings is 1. The maximum atomic E-state index is 12.4. The van der Waals surface area contributed by atoms with Gasteiger partial charge in [-0.25, -0.2) is 4.98 Å². The lowest BCUT2D eigenvalue weighted by Gasteiger charge is -2.10. The van der Waals surface area contributed by atoms with E-state index >= 15 is 0 Å². The lowest BCUT2D eigenvalue weighted by molar-refractivity contribution is 0.103. The third-order valence-electron chi connectivity index (χ3n) is 4.42. The predicted octanol–water partition coefficient (Wildman–Crippen LogP) is 4.34. The number of thiazole rings is 1. The molecule has 6 nitrogen and oxygen atoms in total. The molecule has 2 aromatic heterocycles. The van der Waals surface area contributed by atoms with Crippen molar-refractivity contribution in [2.24, 2.45) is 0 Å². The van der Waals surface area contributed by atoms with Gasteiger partial charge in [-0.05, 0) is 38.0 Å². The van der Waals surface area contributed by atoms with Gasteiger partial charge in [-0.2, -0.15) is 0 Å². The van der Waals surface area contributed by atoms with E-state index in [-0.39, 0.29) is 5.91 Å². The Kier molecular flexibility index (Phi) is 4.74. The zero-order valence-electron chi connectivity index (χ0n) is 14.3. The molecule has 0 radical (unpaired) electrons. The smallest absolute Gasteiger partial charge is 0.267 e. The number of carbonyl (C=O) groups excluding carboxylic acids is 1. The molecule has 0 bridgehead atoms. The van der Waals surface area contributed by atoms with E-state index in [0.29, 0.717) is 15.6 Å². The molecule has 1 amide bonds. The summed E-state index contributed by atoms with van der Waals surface area (Å²) in [6.45, 7) is 2.77. The van der Waals surface area contributed by atoms with Crippen molar-refractivity contribution in [3.05, 3.63) is 45.1 Å². The van der Waals surface area contributed by atoms with E-state index in [9.17, 15) is 4.79 Å². The van der Waals surface area contributed by atoms with Crippen molar-refractivity contribution in [1.29, 1.82) is 0 Å². The minimum Gasteiger partial charge on any atom is -0.321 e. The van der Waals surface area contributed by atoms with E-state index in [1.807, 2.05) is 13.0 Å². The Morgan fingerprint density at radius 3 is 2.96 bits per heavy atom. The van der Waals surface area contributed by atoms with Gasteiger partial charge in [0.15, 0.2) is 5.82 Å². The van der Waals surface area contributed by atoms with E-state index in [4.69, 9.17) is 11.6 Å². The number of carbonyl (C=O) groups is 1. The fraction of sp³-hybridized carbons (Fsp3) is 0.333. The van der Waals surface area contributed by atoms with Crippen LogP contribution in [0.4, 0.5) is 5.69 Å². The summed E-state index contributed by atoms with van der Waals surface area (Å²) in [5, 5.41) is 13.1. The van der Waals surface area contributed by atoms with Crippen LogP contribution in [0.5, 0.6) is 0 Å². The number of anilines is 1. The SMILES string of the molecule is Cc1ncc(C(=O)Nc2ccc(Cl)c(-c3nnc4n3CCCCC4)c2)s1. The minimum absolute atomic E-state index is 0.177. The fourth-order valence-corrected chi connectivity index (χ4v) is 3.99. The Morgan fingerprint density at radius 1 is 1.27 bits per heavy atom. The summed E-state index contributed by atoms with van der Waals surface area (Å²) in [7, 11) is 0. The van der Waals surface area contributed by atoms with Crippen LogP contribution in [0, 0.1) is 6.92 Å². The number of hydrogen-bond donors (Lipinski definition) is 1. The van der Waals surface area contributed by atoms with Gasteiger partial charge in [0.25, 0.3) is 5.91 Å². The van der Waals surface area contributed by atoms with Crippen molar-refractivity contribution in [2.75, 3.05) is 5.32 Å². The highest BCUT2D eigenvalue weighted by atomic mass is 35.5. The van der Waals surface area contributed by atoms with Gasteiger partial charge in [0, 0.05) is 24.2 Å². The average Bonchev–Trinajstić information content (AvgIpc) is 3.16. The lowest BCUT2D eigenvalue weighted by atomic mass is 10.1. The molecule has 0 unspecified atom stereocenters. The predicted molar refractivity (Wildman–Crippen MR) is 103 cm³/mol. The molecule has 4 rings (SSSR count). The number of amides is 1. The summed E-state index contributed by atoms with van der Waals surface area (Å²) in [5.41, 5.74) is 1.46. The van der Waals surface area contributed by atoms with Crippen molar-refractivity contribution in [1.82, 2.24) is 19.7 Å². The van der Waals surface area contributed by atoms with Crippen LogP contribution in [0.2, 0.25) is 5.02 Å². The quantitative estimate of drug-likeness (QED) is 0.725. The van der Waals surface area contributed by atoms with Crippen molar-refractivity contribution in [3.63, 3.8) is 0 Å². The second kappa shape index (κ2) is 7.17. The van der Waals surface area contributed by atoms with Crippen LogP contribution in [-0.4, -0.2) is 25.7 Å². The molecular formula is C18H18ClN5OS. The number of nitrogens with zero attached hydrogens (tertiary/aromatic N) is 4. The molecule has 0 aliphatic carbocycles. The van der Waals surface area contributed by atoms with Crippen LogP contribution in [0.25, 0.3) is 11.4 Å². The largest absolute Gasteiger partial charge is 0.321 e. The van der Waals surface area contributed by atoms with Crippen LogP contribution >= 0.6 is 22.9 Å². The molecule has 3 heterocycles. The summed E-state index contributed by atoms with van der Waals surface area (Å²) < 4.78 is 2.15. The summed E-state index contributed by atoms with van der Waals surface area (Å²) in [6, 6.07) is 5.43. The number of hydrogen-bond acceptors (Lipinski definition) is 5. The molecular weight excluding hydrogens is 370 g/mol. The van der Waals surface area contributed by atoms with E-state index in [2.05, 4.69) is 25.1 Å². The van der Waals surface area contributed by atoms with Crippen LogP contribution in [-0.2, 0) is 13.0 Å². The molecule has 1 aliphatic heterocycles. The van der Waals surface area contributed by atoms with Gasteiger partial charge in [0.2, 0.25) is 0 Å². The first kappa shape index (κ1) is 17.2. The highest BCUT2D eigenvalue weighted by Gasteiger charge is 2.19. The molecule has 3 aromatic rings. The molecule has 8 heteroatoms. The summed E-state index contributed by atoms with van der Waals surface area (Å²) in [5.74, 6) is 1.59. The minimum atomic E-state index is -0.177. The van der Waals surface area contributed by atoms with E-state index in [1.165, 1.54) is 17.8 Å². The molecule has 0 spiro atoms. The first-order valence-electron chi connectivity index (χ1n) is 8.57. The highest BCUT2D eigenvalue weighted by molar-refractivity contribution is 7.13. The highest BCUT2D eigenvalue weighted by Crippen LogP contribution is 2.31. The lowest BCUT2D eigenvalue weighted by Crippen LogP contribution is -2.10. The van der Waals surface area contributed by atoms with Gasteiger partial charge in [0.05, 0.1) is 16.2 Å². The number of aryl methyl sites for hydroxylation is 2. The van der Waals surface area contributed by atoms with Crippen LogP contribution < -0.4 is 5.32 Å². The van der Waals surface area contributed by atoms with Crippen molar-refractivity contribution in [2.45, 2.75) is 39.2 Å². The van der Waals surface area contributed by atoms with Crippen LogP contribution in [0.1, 0.15) is 39.8 Å². The standard InChI is InChI=1S/C18H18ClN5OS/c1-11-20-10-15(26-11)18(25)21-12-6-7-14(19)13(9-12)17-23-22-16-5-3-2-4-8-24(16)17/h6-7,9-10H,2-5,8H2,1H3,(H,21,25). The summed E-state index contributed by atoms with van der Waals surface area (Å²) in [4.78, 5) is 17.1. The zero-order chi connectivity index (χ0) is 18.1. The number of fused-ring (bicyclic) bond motifs is 1. The Balaban J connectivity index is 1.65. The van der Waals surface area contributed by atoms with Gasteiger partial charge < -0.3 is 9.88 Å². The molecule has 0 saturated carbocycles. The molecule has 1 N–H and O–H groups in total. The van der Waals surface area contributed by atoms with E-state index in [0.717, 1.165) is 48.0 Å². The first-order valence-corrected chi connectivity index (χ1v) is 9.77. The molecule has 134 valence electrons. The van der Waals surface area contributed by atoms with Crippen molar-refractivity contribution < 1.29 is 4.79 Å². The maximum Gasteiger partial charge on any atom is 0.267 e. The molecule has 1 aliphatic rings. The molecule has 0 fully saturated rings. The average molecular weight is 388 g/mol. The Morgan fingerprint density at radius 2 is 2.15 bits per heavy atom. The molecule has 0 atom stereocenters. The topological polar surface area (TPSA) is 72.7 Å². The zero-order valence-corrected chi connectivity index (χ0v) is 15.9. The van der Waals surface area contributed by atoms with Crippen LogP contribution in [0.15, 0.2) is 24.4 Å². The molecule has 1 aromatic carbocycles. The first-order chi connectivity index (χ1) is 12.6. The number of aromatic nitrogens is 4. The third-order valence-corrected chi connectivity index (χ3v) is 5.66. The number of rotatable bonds is 3. The summed E-state index contributed by atoms with van der Waals surface area (Å²) in [6.07, 6.45) is 5.96. The maximum absolute atomic E-state index is 12.4. The van der Waals surface area contributed by atoms with Gasteiger partial charge in [-0.3, -0.25) is 4.79 Å². The molecule has 26 heavy (non-hydrogen) atoms. The fourth-order valence-electron chi connectivity index (χ4n) is 3.12. The van der Waals surface area contributed by atoms with Crippen molar-refractivity contribution >= 4 is 34.5 Å². The van der Waals surface area contributed by atoms with Gasteiger partial charge in [0.1, 0.15) is 10.7 Å². The van der Waals surface area contributed by atoms with Crippen LogP contribution in [0.3, 0.4) is 0 Å². The normalized spacial score (nSPS) is 13.9. The van der Waals surface area contributed by atoms with Gasteiger partial charge >= 0.3 is 0 Å². The third kappa shape index (κ3) is 3.37. The number of nitrogens with one attached hydrogen (secondary N) is 1. The summed E-state index contributed by atoms with van der Waals surface area (Å²) >= 11 is 7.79. The monoisotopic (exact) mass is 387 g/mol. The number of halogens is 1. The second-order valence-corrected chi connectivity index (χ2v) is 7.94. The van der Waals surface area contributed by atoms with E-state index in [1.54, 1.807) is 18.3 Å². The Hall–Kier alpha value is -2.25. The van der Waals surface area contributed by atoms with Gasteiger partial charge in [-0.15, -0.1) is 21.5 Å². The van der Waals surface area contributed by atoms with Crippen molar-refractivity contribution in [3.8, 4) is 11.4 Å². The second-order valence-electron chi connectivity index (χ2n) is 6.29. The molecule has 0 saturated heterocycles. The van der Waals surface area contributed by atoms with Gasteiger partial charge in [-0.1, -0.05) is 18.0 Å². The Labute approximate surface area is 160 Å².